The van der Waals surface area contributed by atoms with Crippen LogP contribution in [0.2, 0.25) is 0 Å². The molecule has 0 fully saturated rings. The number of methoxy groups -OCH3 is 1. The van der Waals surface area contributed by atoms with E-state index in [0.29, 0.717) is 25.7 Å². The van der Waals surface area contributed by atoms with Gasteiger partial charge in [-0.25, -0.2) is 8.78 Å². The van der Waals surface area contributed by atoms with Crippen LogP contribution in [0.15, 0.2) is 29.2 Å². The number of aromatic hydroxyl groups is 1. The van der Waals surface area contributed by atoms with Gasteiger partial charge >= 0.3 is 0 Å². The molecule has 0 saturated carbocycles. The van der Waals surface area contributed by atoms with Crippen molar-refractivity contribution in [1.29, 1.82) is 0 Å². The lowest BCUT2D eigenvalue weighted by Gasteiger charge is -2.40. The number of benzene rings is 1. The number of pyridine rings is 1. The zero-order valence-electron chi connectivity index (χ0n) is 20.0. The van der Waals surface area contributed by atoms with Crippen LogP contribution in [0.4, 0.5) is 8.78 Å². The number of ether oxygens (including phenoxy) is 2. The number of hydrogen-bond donors (Lipinski definition) is 2. The number of rotatable bonds is 10. The first-order valence-electron chi connectivity index (χ1n) is 11.5. The van der Waals surface area contributed by atoms with Gasteiger partial charge in [0.05, 0.1) is 18.1 Å². The number of ketones is 1. The molecule has 35 heavy (non-hydrogen) atoms. The van der Waals surface area contributed by atoms with Gasteiger partial charge in [0.2, 0.25) is 5.43 Å². The summed E-state index contributed by atoms with van der Waals surface area (Å²) in [6, 6.07) is 2.91. The van der Waals surface area contributed by atoms with Gasteiger partial charge in [0.1, 0.15) is 22.9 Å². The second-order valence-corrected chi connectivity index (χ2v) is 8.83. The van der Waals surface area contributed by atoms with Gasteiger partial charge in [-0.2, -0.15) is 0 Å². The highest BCUT2D eigenvalue weighted by atomic mass is 19.1. The molecule has 3 rings (SSSR count). The molecule has 1 aromatic heterocycles. The first kappa shape index (κ1) is 26.5. The van der Waals surface area contributed by atoms with Crippen LogP contribution in [-0.2, 0) is 22.6 Å². The number of aromatic nitrogens is 1. The summed E-state index contributed by atoms with van der Waals surface area (Å²) in [7, 11) is 1.46. The van der Waals surface area contributed by atoms with Crippen molar-refractivity contribution in [2.45, 2.75) is 52.3 Å². The number of hydrogen-bond acceptors (Lipinski definition) is 6. The fourth-order valence-electron chi connectivity index (χ4n) is 4.17. The Morgan fingerprint density at radius 1 is 1.29 bits per heavy atom. The van der Waals surface area contributed by atoms with Crippen LogP contribution in [-0.4, -0.2) is 47.8 Å². The van der Waals surface area contributed by atoms with Gasteiger partial charge in [-0.05, 0) is 25.8 Å². The normalized spacial score (nSPS) is 19.5. The van der Waals surface area contributed by atoms with Crippen LogP contribution in [0.3, 0.4) is 0 Å². The summed E-state index contributed by atoms with van der Waals surface area (Å²) < 4.78 is 39.5. The number of nitrogens with zero attached hydrogens (tertiary/aromatic N) is 1. The predicted octanol–water partition coefficient (Wildman–Crippen LogP) is 3.19. The van der Waals surface area contributed by atoms with Crippen molar-refractivity contribution in [3.63, 3.8) is 0 Å². The highest BCUT2D eigenvalue weighted by Crippen LogP contribution is 2.39. The second kappa shape index (κ2) is 11.1. The van der Waals surface area contributed by atoms with Gasteiger partial charge in [-0.3, -0.25) is 14.4 Å². The molecular formula is C25H30F2N2O6. The molecule has 10 heteroatoms. The van der Waals surface area contributed by atoms with Crippen molar-refractivity contribution in [2.75, 3.05) is 20.3 Å². The number of halogens is 2. The molecule has 2 aromatic rings. The molecule has 0 saturated heterocycles. The van der Waals surface area contributed by atoms with Crippen molar-refractivity contribution in [3.05, 3.63) is 63.1 Å². The monoisotopic (exact) mass is 492 g/mol. The largest absolute Gasteiger partial charge is 0.503 e. The molecule has 1 aromatic carbocycles. The third-order valence-corrected chi connectivity index (χ3v) is 6.45. The van der Waals surface area contributed by atoms with E-state index in [9.17, 15) is 28.3 Å². The summed E-state index contributed by atoms with van der Waals surface area (Å²) in [5.41, 5.74) is -2.65. The number of unbranched alkanes of at least 4 members (excludes halogenated alkanes) is 1. The zero-order valence-corrected chi connectivity index (χ0v) is 20.0. The summed E-state index contributed by atoms with van der Waals surface area (Å²) in [5, 5.41) is 13.0. The Morgan fingerprint density at radius 2 is 2.03 bits per heavy atom. The molecular weight excluding hydrogens is 462 g/mol. The number of nitrogens with one attached hydrogen (secondary N) is 1. The SMILES string of the molecule is CCCCOCCC1(C)C(=O)c2c(O)c(=O)c(C(=O)NCc3ccc(F)cc3F)cn2CC1OC. The lowest BCUT2D eigenvalue weighted by Crippen LogP contribution is -2.50. The van der Waals surface area contributed by atoms with E-state index in [1.165, 1.54) is 23.9 Å². The summed E-state index contributed by atoms with van der Waals surface area (Å²) in [4.78, 5) is 38.9. The minimum absolute atomic E-state index is 0.0218. The third kappa shape index (κ3) is 5.43. The minimum Gasteiger partial charge on any atom is -0.503 e. The molecule has 2 atom stereocenters. The molecule has 1 amide bonds. The average Bonchev–Trinajstić information content (AvgIpc) is 2.82. The molecule has 2 N–H and O–H groups in total. The maximum atomic E-state index is 13.9. The van der Waals surface area contributed by atoms with Crippen molar-refractivity contribution >= 4 is 11.7 Å². The van der Waals surface area contributed by atoms with E-state index in [1.807, 2.05) is 6.92 Å². The van der Waals surface area contributed by atoms with E-state index in [4.69, 9.17) is 9.47 Å². The van der Waals surface area contributed by atoms with Gasteiger partial charge < -0.3 is 24.5 Å². The van der Waals surface area contributed by atoms with Crippen LogP contribution in [0.25, 0.3) is 0 Å². The van der Waals surface area contributed by atoms with Crippen LogP contribution in [0, 0.1) is 17.0 Å². The summed E-state index contributed by atoms with van der Waals surface area (Å²) in [6.45, 7) is 4.45. The van der Waals surface area contributed by atoms with Gasteiger partial charge in [-0.1, -0.05) is 19.4 Å². The number of carbonyl (C=O) groups excluding carboxylic acids is 2. The Morgan fingerprint density at radius 3 is 2.69 bits per heavy atom. The van der Waals surface area contributed by atoms with Gasteiger partial charge in [-0.15, -0.1) is 0 Å². The van der Waals surface area contributed by atoms with Gasteiger partial charge in [0.25, 0.3) is 5.91 Å². The zero-order chi connectivity index (χ0) is 25.8. The first-order valence-corrected chi connectivity index (χ1v) is 11.5. The standard InChI is InChI=1S/C25H30F2N2O6/c1-4-5-9-35-10-8-25(2)19(34-3)14-29-13-17(21(30)22(31)20(29)23(25)32)24(33)28-12-15-6-7-16(26)11-18(15)27/h6-7,11,13,19,31H,4-5,8-10,12,14H2,1-3H3,(H,28,33). The van der Waals surface area contributed by atoms with Gasteiger partial charge in [0.15, 0.2) is 11.5 Å². The number of carbonyl (C=O) groups is 2. The average molecular weight is 493 g/mol. The Kier molecular flexibility index (Phi) is 8.39. The van der Waals surface area contributed by atoms with Crippen molar-refractivity contribution in [2.24, 2.45) is 5.41 Å². The van der Waals surface area contributed by atoms with Crippen molar-refractivity contribution in [3.8, 4) is 5.75 Å². The fourth-order valence-corrected chi connectivity index (χ4v) is 4.17. The van der Waals surface area contributed by atoms with Crippen LogP contribution in [0.1, 0.15) is 59.5 Å². The fraction of sp³-hybridized carbons (Fsp3) is 0.480. The van der Waals surface area contributed by atoms with Crippen LogP contribution in [0.5, 0.6) is 5.75 Å². The first-order chi connectivity index (χ1) is 16.6. The van der Waals surface area contributed by atoms with Gasteiger partial charge in [0, 0.05) is 44.7 Å². The summed E-state index contributed by atoms with van der Waals surface area (Å²) in [6.07, 6.45) is 2.80. The quantitative estimate of drug-likeness (QED) is 0.494. The molecule has 0 spiro atoms. The topological polar surface area (TPSA) is 107 Å². The Balaban J connectivity index is 1.85. The highest BCUT2D eigenvalue weighted by molar-refractivity contribution is 6.03. The molecule has 0 bridgehead atoms. The molecule has 190 valence electrons. The third-order valence-electron chi connectivity index (χ3n) is 6.45. The number of fused-ring (bicyclic) bond motifs is 1. The molecule has 8 nitrogen and oxygen atoms in total. The van der Waals surface area contributed by atoms with E-state index >= 15 is 0 Å². The molecule has 1 aliphatic rings. The number of amides is 1. The Bertz CT molecular complexity index is 1170. The lowest BCUT2D eigenvalue weighted by atomic mass is 9.73. The summed E-state index contributed by atoms with van der Waals surface area (Å²) >= 11 is 0. The van der Waals surface area contributed by atoms with E-state index in [0.717, 1.165) is 18.9 Å². The lowest BCUT2D eigenvalue weighted by molar-refractivity contribution is -0.0293. The Hall–Kier alpha value is -3.11. The molecule has 0 aliphatic carbocycles. The van der Waals surface area contributed by atoms with E-state index in [2.05, 4.69) is 5.32 Å². The van der Waals surface area contributed by atoms with Crippen LogP contribution < -0.4 is 10.7 Å². The molecule has 2 unspecified atom stereocenters. The van der Waals surface area contributed by atoms with E-state index in [-0.39, 0.29) is 24.3 Å². The Labute approximate surface area is 201 Å². The molecule has 1 aliphatic heterocycles. The smallest absolute Gasteiger partial charge is 0.257 e. The molecule has 0 radical (unpaired) electrons. The van der Waals surface area contributed by atoms with Crippen molar-refractivity contribution < 1.29 is 33.0 Å². The second-order valence-electron chi connectivity index (χ2n) is 8.83. The minimum atomic E-state index is -1.05. The highest BCUT2D eigenvalue weighted by Gasteiger charge is 2.48. The van der Waals surface area contributed by atoms with E-state index in [1.54, 1.807) is 6.92 Å². The van der Waals surface area contributed by atoms with Crippen molar-refractivity contribution in [1.82, 2.24) is 9.88 Å². The maximum absolute atomic E-state index is 13.9. The summed E-state index contributed by atoms with van der Waals surface area (Å²) in [5.74, 6) is -3.79. The number of Topliss-reactive ketones (excluding diaryl/α,β-unsaturated/α-hetero) is 1. The molecule has 2 heterocycles. The van der Waals surface area contributed by atoms with E-state index < -0.39 is 51.6 Å². The predicted molar refractivity (Wildman–Crippen MR) is 123 cm³/mol. The van der Waals surface area contributed by atoms with Crippen LogP contribution >= 0.6 is 0 Å². The maximum Gasteiger partial charge on any atom is 0.257 e.